The van der Waals surface area contributed by atoms with Crippen molar-refractivity contribution in [2.75, 3.05) is 30.3 Å². The first-order valence-corrected chi connectivity index (χ1v) is 18.3. The summed E-state index contributed by atoms with van der Waals surface area (Å²) in [5, 5.41) is 0.726. The highest BCUT2D eigenvalue weighted by Gasteiger charge is 2.45. The van der Waals surface area contributed by atoms with Gasteiger partial charge in [0.15, 0.2) is 0 Å². The quantitative estimate of drug-likeness (QED) is 0.322. The molecule has 1 spiro atoms. The predicted molar refractivity (Wildman–Crippen MR) is 173 cm³/mol. The van der Waals surface area contributed by atoms with Crippen LogP contribution in [-0.2, 0) is 31.4 Å². The van der Waals surface area contributed by atoms with Gasteiger partial charge in [-0.25, -0.2) is 13.1 Å². The summed E-state index contributed by atoms with van der Waals surface area (Å²) in [5.74, 6) is 0.240. The van der Waals surface area contributed by atoms with Crippen molar-refractivity contribution in [3.05, 3.63) is 70.3 Å². The van der Waals surface area contributed by atoms with Crippen LogP contribution in [-0.4, -0.2) is 51.8 Å². The van der Waals surface area contributed by atoms with Crippen LogP contribution in [0.2, 0.25) is 5.02 Å². The van der Waals surface area contributed by atoms with Gasteiger partial charge in [-0.1, -0.05) is 23.7 Å². The SMILES string of the molecule is CC(=O)O[C@H]1/C=C\C[C@@H](C2CC2)CS(=O)(=O)NC(=O)c2ccc3c(c2)N(C[C@@H]2CC[C@H]21)C[C@@]1(CCCc2cc(Cl)ccc21)CO3. The molecular weight excluding hydrogens is 612 g/mol. The van der Waals surface area contributed by atoms with Crippen LogP contribution < -0.4 is 14.4 Å². The molecule has 1 amide bonds. The maximum atomic E-state index is 13.4. The summed E-state index contributed by atoms with van der Waals surface area (Å²) in [6.45, 7) is 3.31. The van der Waals surface area contributed by atoms with Gasteiger partial charge >= 0.3 is 5.97 Å². The molecule has 8 nitrogen and oxygen atoms in total. The van der Waals surface area contributed by atoms with Gasteiger partial charge in [-0.15, -0.1) is 0 Å². The highest BCUT2D eigenvalue weighted by atomic mass is 35.5. The Kier molecular flexibility index (Phi) is 8.13. The van der Waals surface area contributed by atoms with Gasteiger partial charge in [0.1, 0.15) is 11.9 Å². The van der Waals surface area contributed by atoms with E-state index in [2.05, 4.69) is 21.8 Å². The summed E-state index contributed by atoms with van der Waals surface area (Å²) in [7, 11) is -3.88. The third-order valence-electron chi connectivity index (χ3n) is 10.7. The highest BCUT2D eigenvalue weighted by molar-refractivity contribution is 7.90. The Morgan fingerprint density at radius 1 is 1.09 bits per heavy atom. The molecule has 45 heavy (non-hydrogen) atoms. The minimum absolute atomic E-state index is 0.102. The second-order valence-corrected chi connectivity index (χ2v) is 16.0. The van der Waals surface area contributed by atoms with Crippen LogP contribution in [0, 0.1) is 23.7 Å². The molecule has 0 aromatic heterocycles. The van der Waals surface area contributed by atoms with Gasteiger partial charge in [0, 0.05) is 41.9 Å². The number of amides is 1. The van der Waals surface area contributed by atoms with E-state index in [0.29, 0.717) is 37.8 Å². The van der Waals surface area contributed by atoms with Gasteiger partial charge in [-0.3, -0.25) is 9.59 Å². The number of nitrogens with zero attached hydrogens (tertiary/aromatic N) is 1. The van der Waals surface area contributed by atoms with Crippen LogP contribution in [0.5, 0.6) is 5.75 Å². The Morgan fingerprint density at radius 2 is 1.91 bits per heavy atom. The Bertz CT molecular complexity index is 1640. The molecule has 1 N–H and O–H groups in total. The van der Waals surface area contributed by atoms with Crippen molar-refractivity contribution in [2.45, 2.75) is 69.8 Å². The highest BCUT2D eigenvalue weighted by Crippen LogP contribution is 2.47. The number of benzene rings is 2. The minimum Gasteiger partial charge on any atom is -0.490 e. The van der Waals surface area contributed by atoms with E-state index in [0.717, 1.165) is 55.7 Å². The Hall–Kier alpha value is -3.04. The number of aryl methyl sites for hydroxylation is 1. The van der Waals surface area contributed by atoms with Crippen molar-refractivity contribution in [3.63, 3.8) is 0 Å². The summed E-state index contributed by atoms with van der Waals surface area (Å²) < 4.78 is 41.3. The molecule has 2 bridgehead atoms. The van der Waals surface area contributed by atoms with Crippen LogP contribution >= 0.6 is 11.6 Å². The fraction of sp³-hybridized carbons (Fsp3) is 0.543. The zero-order valence-corrected chi connectivity index (χ0v) is 27.2. The van der Waals surface area contributed by atoms with E-state index in [9.17, 15) is 18.0 Å². The normalized spacial score (nSPS) is 31.7. The Balaban J connectivity index is 1.29. The summed E-state index contributed by atoms with van der Waals surface area (Å²) in [6.07, 6.45) is 11.0. The zero-order chi connectivity index (χ0) is 31.3. The van der Waals surface area contributed by atoms with Gasteiger partial charge in [-0.05, 0) is 117 Å². The molecule has 10 heteroatoms. The van der Waals surface area contributed by atoms with E-state index in [1.54, 1.807) is 18.2 Å². The Morgan fingerprint density at radius 3 is 2.67 bits per heavy atom. The fourth-order valence-electron chi connectivity index (χ4n) is 8.13. The third-order valence-corrected chi connectivity index (χ3v) is 12.3. The molecule has 7 rings (SSSR count). The van der Waals surface area contributed by atoms with Crippen molar-refractivity contribution >= 4 is 39.2 Å². The molecule has 0 saturated heterocycles. The second-order valence-electron chi connectivity index (χ2n) is 13.8. The monoisotopic (exact) mass is 652 g/mol. The van der Waals surface area contributed by atoms with E-state index >= 15 is 0 Å². The number of ether oxygens (including phenoxy) is 2. The maximum Gasteiger partial charge on any atom is 0.303 e. The van der Waals surface area contributed by atoms with Crippen molar-refractivity contribution in [2.24, 2.45) is 23.7 Å². The molecule has 2 aromatic carbocycles. The molecule has 2 aliphatic heterocycles. The van der Waals surface area contributed by atoms with Crippen molar-refractivity contribution in [3.8, 4) is 5.75 Å². The molecule has 2 fully saturated rings. The topological polar surface area (TPSA) is 102 Å². The molecule has 3 aliphatic carbocycles. The van der Waals surface area contributed by atoms with E-state index in [-0.39, 0.29) is 46.6 Å². The first-order valence-electron chi connectivity index (χ1n) is 16.3. The van der Waals surface area contributed by atoms with Crippen LogP contribution in [0.4, 0.5) is 5.69 Å². The fourth-order valence-corrected chi connectivity index (χ4v) is 9.78. The van der Waals surface area contributed by atoms with E-state index in [4.69, 9.17) is 21.1 Å². The first-order chi connectivity index (χ1) is 21.6. The summed E-state index contributed by atoms with van der Waals surface area (Å²) >= 11 is 6.41. The summed E-state index contributed by atoms with van der Waals surface area (Å²) in [4.78, 5) is 28.0. The number of rotatable bonds is 2. The zero-order valence-electron chi connectivity index (χ0n) is 25.7. The van der Waals surface area contributed by atoms with Gasteiger partial charge in [-0.2, -0.15) is 0 Å². The lowest BCUT2D eigenvalue weighted by atomic mass is 9.68. The lowest BCUT2D eigenvalue weighted by Gasteiger charge is -2.46. The van der Waals surface area contributed by atoms with Gasteiger partial charge in [0.2, 0.25) is 10.0 Å². The van der Waals surface area contributed by atoms with Gasteiger partial charge in [0.25, 0.3) is 5.91 Å². The number of hydrogen-bond donors (Lipinski definition) is 1. The van der Waals surface area contributed by atoms with E-state index in [1.807, 2.05) is 18.2 Å². The second kappa shape index (κ2) is 12.0. The lowest BCUT2D eigenvalue weighted by molar-refractivity contribution is -0.149. The molecule has 0 unspecified atom stereocenters. The third kappa shape index (κ3) is 6.35. The molecule has 5 atom stereocenters. The molecule has 2 heterocycles. The summed E-state index contributed by atoms with van der Waals surface area (Å²) in [5.41, 5.74) is 3.28. The first kappa shape index (κ1) is 30.6. The number of carbonyl (C=O) groups excluding carboxylic acids is 2. The van der Waals surface area contributed by atoms with Crippen molar-refractivity contribution < 1.29 is 27.5 Å². The van der Waals surface area contributed by atoms with Crippen molar-refractivity contribution in [1.29, 1.82) is 0 Å². The van der Waals surface area contributed by atoms with Crippen LogP contribution in [0.1, 0.15) is 73.4 Å². The number of esters is 1. The van der Waals surface area contributed by atoms with E-state index < -0.39 is 15.9 Å². The van der Waals surface area contributed by atoms with Gasteiger partial charge < -0.3 is 14.4 Å². The Labute approximate surface area is 270 Å². The van der Waals surface area contributed by atoms with Crippen LogP contribution in [0.3, 0.4) is 0 Å². The summed E-state index contributed by atoms with van der Waals surface area (Å²) in [6, 6.07) is 11.4. The average Bonchev–Trinajstić information content (AvgIpc) is 3.82. The standard InChI is InChI=1S/C35H41ClN2O6S/c1-22(39)44-32-6-2-4-27(23-7-8-23)19-45(41,42)37-34(40)25-10-14-33-31(17-25)38(18-26-9-12-29(26)32)20-35(21-43-33)15-3-5-24-16-28(36)11-13-30(24)35/h2,6,10-11,13-14,16-17,23,26-27,29,32H,3-5,7-9,12,15,18-21H2,1H3,(H,37,40)/b6-2-/t26-,27+,29+,32-,35-/m0/s1. The number of fused-ring (bicyclic) bond motifs is 4. The van der Waals surface area contributed by atoms with Crippen LogP contribution in [0.25, 0.3) is 0 Å². The lowest BCUT2D eigenvalue weighted by Crippen LogP contribution is -2.49. The predicted octanol–water partition coefficient (Wildman–Crippen LogP) is 5.82. The maximum absolute atomic E-state index is 13.4. The molecule has 0 radical (unpaired) electrons. The van der Waals surface area contributed by atoms with E-state index in [1.165, 1.54) is 18.1 Å². The van der Waals surface area contributed by atoms with Crippen LogP contribution in [0.15, 0.2) is 48.6 Å². The number of sulfonamides is 1. The largest absolute Gasteiger partial charge is 0.490 e. The van der Waals surface area contributed by atoms with Crippen molar-refractivity contribution in [1.82, 2.24) is 4.72 Å². The number of halogens is 1. The number of allylic oxidation sites excluding steroid dienone is 1. The number of nitrogens with one attached hydrogen (secondary N) is 1. The molecule has 2 saturated carbocycles. The number of carbonyl (C=O) groups is 2. The van der Waals surface area contributed by atoms with Gasteiger partial charge in [0.05, 0.1) is 18.0 Å². The number of anilines is 1. The molecule has 240 valence electrons. The minimum atomic E-state index is -3.88. The number of hydrogen-bond acceptors (Lipinski definition) is 7. The molecule has 2 aromatic rings. The smallest absolute Gasteiger partial charge is 0.303 e. The average molecular weight is 653 g/mol. The molecule has 5 aliphatic rings. The molecular formula is C35H41ClN2O6S.